The van der Waals surface area contributed by atoms with Crippen LogP contribution in [0, 0.1) is 0 Å². The molecule has 1 rings (SSSR count). The number of nitrogens with one attached hydrogen (secondary N) is 1. The summed E-state index contributed by atoms with van der Waals surface area (Å²) >= 11 is 0. The maximum absolute atomic E-state index is 9.51. The minimum Gasteiger partial charge on any atom is -0.394 e. The van der Waals surface area contributed by atoms with Crippen LogP contribution in [-0.4, -0.2) is 61.0 Å². The Hall–Kier alpha value is -0.160. The molecule has 16 heavy (non-hydrogen) atoms. The third-order valence-corrected chi connectivity index (χ3v) is 2.87. The molecule has 0 amide bonds. The molecule has 1 aliphatic heterocycles. The van der Waals surface area contributed by atoms with Gasteiger partial charge >= 0.3 is 0 Å². The average molecular weight is 230 g/mol. The largest absolute Gasteiger partial charge is 0.394 e. The van der Waals surface area contributed by atoms with Crippen molar-refractivity contribution in [2.75, 3.05) is 39.5 Å². The van der Waals surface area contributed by atoms with Crippen molar-refractivity contribution >= 4 is 0 Å². The molecule has 0 aromatic carbocycles. The summed E-state index contributed by atoms with van der Waals surface area (Å²) in [6, 6.07) is 0.389. The van der Waals surface area contributed by atoms with Gasteiger partial charge in [0.05, 0.1) is 18.8 Å². The van der Waals surface area contributed by atoms with E-state index in [0.29, 0.717) is 6.04 Å². The second kappa shape index (κ2) is 6.55. The fourth-order valence-corrected chi connectivity index (χ4v) is 2.29. The van der Waals surface area contributed by atoms with E-state index in [1.165, 1.54) is 0 Å². The van der Waals surface area contributed by atoms with E-state index in [4.69, 9.17) is 4.74 Å². The van der Waals surface area contributed by atoms with Gasteiger partial charge in [0.1, 0.15) is 0 Å². The molecule has 1 atom stereocenters. The van der Waals surface area contributed by atoms with Crippen molar-refractivity contribution in [1.82, 2.24) is 10.2 Å². The van der Waals surface area contributed by atoms with Gasteiger partial charge in [0.15, 0.2) is 0 Å². The molecule has 0 aromatic heterocycles. The normalized spacial score (nSPS) is 23.1. The zero-order valence-electron chi connectivity index (χ0n) is 10.8. The van der Waals surface area contributed by atoms with Crippen LogP contribution in [0.15, 0.2) is 0 Å². The van der Waals surface area contributed by atoms with Gasteiger partial charge in [-0.25, -0.2) is 0 Å². The first-order chi connectivity index (χ1) is 7.56. The fourth-order valence-electron chi connectivity index (χ4n) is 2.29. The van der Waals surface area contributed by atoms with Crippen LogP contribution >= 0.6 is 0 Å². The van der Waals surface area contributed by atoms with Crippen molar-refractivity contribution in [2.24, 2.45) is 0 Å². The SMILES string of the molecule is CC(C)NC(C)(CO)CN1CCCOCC1. The molecule has 0 saturated carbocycles. The Morgan fingerprint density at radius 3 is 2.75 bits per heavy atom. The number of hydrogen-bond donors (Lipinski definition) is 2. The lowest BCUT2D eigenvalue weighted by Crippen LogP contribution is -2.56. The number of rotatable bonds is 5. The summed E-state index contributed by atoms with van der Waals surface area (Å²) in [6.45, 7) is 11.1. The van der Waals surface area contributed by atoms with Crippen LogP contribution in [0.25, 0.3) is 0 Å². The topological polar surface area (TPSA) is 44.7 Å². The second-order valence-corrected chi connectivity index (χ2v) is 5.26. The van der Waals surface area contributed by atoms with Gasteiger partial charge < -0.3 is 15.2 Å². The summed E-state index contributed by atoms with van der Waals surface area (Å²) in [5, 5.41) is 13.0. The lowest BCUT2D eigenvalue weighted by molar-refractivity contribution is 0.104. The molecule has 1 heterocycles. The summed E-state index contributed by atoms with van der Waals surface area (Å²) in [7, 11) is 0. The number of ether oxygens (including phenoxy) is 1. The lowest BCUT2D eigenvalue weighted by atomic mass is 10.0. The van der Waals surface area contributed by atoms with Crippen LogP contribution in [0.1, 0.15) is 27.2 Å². The van der Waals surface area contributed by atoms with Crippen molar-refractivity contribution in [1.29, 1.82) is 0 Å². The van der Waals surface area contributed by atoms with Gasteiger partial charge in [0.25, 0.3) is 0 Å². The van der Waals surface area contributed by atoms with Crippen molar-refractivity contribution in [2.45, 2.75) is 38.8 Å². The van der Waals surface area contributed by atoms with Gasteiger partial charge in [-0.1, -0.05) is 13.8 Å². The molecule has 0 radical (unpaired) electrons. The Balaban J connectivity index is 2.46. The predicted molar refractivity (Wildman–Crippen MR) is 65.6 cm³/mol. The van der Waals surface area contributed by atoms with Gasteiger partial charge in [0.2, 0.25) is 0 Å². The number of aliphatic hydroxyl groups is 1. The molecule has 1 unspecified atom stereocenters. The zero-order chi connectivity index (χ0) is 12.0. The van der Waals surface area contributed by atoms with Crippen LogP contribution in [0.5, 0.6) is 0 Å². The van der Waals surface area contributed by atoms with Gasteiger partial charge in [0, 0.05) is 32.3 Å². The molecule has 1 aliphatic rings. The average Bonchev–Trinajstić information content (AvgIpc) is 2.45. The minimum atomic E-state index is -0.210. The molecule has 0 aromatic rings. The third-order valence-electron chi connectivity index (χ3n) is 2.87. The molecule has 1 fully saturated rings. The smallest absolute Gasteiger partial charge is 0.0623 e. The standard InChI is InChI=1S/C12H26N2O2/c1-11(2)13-12(3,10-15)9-14-5-4-7-16-8-6-14/h11,13,15H,4-10H2,1-3H3. The van der Waals surface area contributed by atoms with Gasteiger partial charge in [-0.3, -0.25) is 4.90 Å². The van der Waals surface area contributed by atoms with Crippen LogP contribution in [0.3, 0.4) is 0 Å². The summed E-state index contributed by atoms with van der Waals surface area (Å²) < 4.78 is 5.43. The van der Waals surface area contributed by atoms with Crippen molar-refractivity contribution < 1.29 is 9.84 Å². The summed E-state index contributed by atoms with van der Waals surface area (Å²) in [5.41, 5.74) is -0.210. The minimum absolute atomic E-state index is 0.169. The van der Waals surface area contributed by atoms with E-state index in [-0.39, 0.29) is 12.1 Å². The molecule has 1 saturated heterocycles. The molecule has 2 N–H and O–H groups in total. The van der Waals surface area contributed by atoms with E-state index < -0.39 is 0 Å². The highest BCUT2D eigenvalue weighted by molar-refractivity contribution is 4.87. The van der Waals surface area contributed by atoms with Gasteiger partial charge in [-0.05, 0) is 13.3 Å². The summed E-state index contributed by atoms with van der Waals surface area (Å²) in [4.78, 5) is 2.37. The van der Waals surface area contributed by atoms with E-state index in [2.05, 4.69) is 31.0 Å². The van der Waals surface area contributed by atoms with Crippen molar-refractivity contribution in [3.63, 3.8) is 0 Å². The van der Waals surface area contributed by atoms with Crippen LogP contribution < -0.4 is 5.32 Å². The third kappa shape index (κ3) is 4.78. The Labute approximate surface area is 99.0 Å². The fraction of sp³-hybridized carbons (Fsp3) is 1.00. The Bertz CT molecular complexity index is 191. The number of hydrogen-bond acceptors (Lipinski definition) is 4. The van der Waals surface area contributed by atoms with Crippen LogP contribution in [0.2, 0.25) is 0 Å². The molecule has 4 nitrogen and oxygen atoms in total. The predicted octanol–water partition coefficient (Wildman–Crippen LogP) is 0.458. The highest BCUT2D eigenvalue weighted by atomic mass is 16.5. The molecular formula is C12H26N2O2. The van der Waals surface area contributed by atoms with Gasteiger partial charge in [-0.2, -0.15) is 0 Å². The van der Waals surface area contributed by atoms with E-state index in [1.54, 1.807) is 0 Å². The monoisotopic (exact) mass is 230 g/mol. The molecule has 0 spiro atoms. The number of nitrogens with zero attached hydrogens (tertiary/aromatic N) is 1. The quantitative estimate of drug-likeness (QED) is 0.720. The van der Waals surface area contributed by atoms with Crippen LogP contribution in [0.4, 0.5) is 0 Å². The van der Waals surface area contributed by atoms with E-state index >= 15 is 0 Å². The maximum atomic E-state index is 9.51. The first-order valence-corrected chi connectivity index (χ1v) is 6.24. The Morgan fingerprint density at radius 2 is 2.12 bits per heavy atom. The lowest BCUT2D eigenvalue weighted by Gasteiger charge is -2.36. The van der Waals surface area contributed by atoms with E-state index in [1.807, 2.05) is 0 Å². The summed E-state index contributed by atoms with van der Waals surface area (Å²) in [6.07, 6.45) is 1.09. The Kier molecular flexibility index (Phi) is 5.69. The molecule has 4 heteroatoms. The number of aliphatic hydroxyl groups excluding tert-OH is 1. The maximum Gasteiger partial charge on any atom is 0.0623 e. The zero-order valence-corrected chi connectivity index (χ0v) is 10.8. The second-order valence-electron chi connectivity index (χ2n) is 5.26. The van der Waals surface area contributed by atoms with Crippen LogP contribution in [-0.2, 0) is 4.74 Å². The summed E-state index contributed by atoms with van der Waals surface area (Å²) in [5.74, 6) is 0. The molecular weight excluding hydrogens is 204 g/mol. The first-order valence-electron chi connectivity index (χ1n) is 6.24. The first kappa shape index (κ1) is 13.9. The molecule has 0 aliphatic carbocycles. The van der Waals surface area contributed by atoms with Crippen molar-refractivity contribution in [3.05, 3.63) is 0 Å². The highest BCUT2D eigenvalue weighted by Crippen LogP contribution is 2.09. The van der Waals surface area contributed by atoms with Crippen molar-refractivity contribution in [3.8, 4) is 0 Å². The Morgan fingerprint density at radius 1 is 1.38 bits per heavy atom. The van der Waals surface area contributed by atoms with E-state index in [9.17, 15) is 5.11 Å². The molecule has 0 bridgehead atoms. The molecule has 96 valence electrons. The van der Waals surface area contributed by atoms with E-state index in [0.717, 1.165) is 39.3 Å². The van der Waals surface area contributed by atoms with Gasteiger partial charge in [-0.15, -0.1) is 0 Å². The highest BCUT2D eigenvalue weighted by Gasteiger charge is 2.27.